The van der Waals surface area contributed by atoms with E-state index in [2.05, 4.69) is 27.4 Å². The van der Waals surface area contributed by atoms with Gasteiger partial charge in [0.15, 0.2) is 4.34 Å². The molecule has 0 spiro atoms. The minimum Gasteiger partial charge on any atom is -0.357 e. The Labute approximate surface area is 173 Å². The number of nitrogens with zero attached hydrogens (tertiary/aromatic N) is 2. The molecule has 1 aromatic heterocycles. The van der Waals surface area contributed by atoms with Gasteiger partial charge in [-0.3, -0.25) is 4.79 Å². The highest BCUT2D eigenvalue weighted by Gasteiger charge is 2.24. The van der Waals surface area contributed by atoms with E-state index in [0.717, 1.165) is 26.7 Å². The molecule has 1 amide bonds. The first-order chi connectivity index (χ1) is 13.6. The van der Waals surface area contributed by atoms with Gasteiger partial charge in [0.05, 0.1) is 0 Å². The van der Waals surface area contributed by atoms with Gasteiger partial charge >= 0.3 is 0 Å². The van der Waals surface area contributed by atoms with E-state index < -0.39 is 5.25 Å². The second-order valence-electron chi connectivity index (χ2n) is 6.26. The molecule has 7 heteroatoms. The fourth-order valence-corrected chi connectivity index (χ4v) is 4.51. The number of thioether (sulfide) groups is 1. The summed E-state index contributed by atoms with van der Waals surface area (Å²) in [6, 6.07) is 15.8. The fourth-order valence-electron chi connectivity index (χ4n) is 2.56. The Morgan fingerprint density at radius 3 is 2.75 bits per heavy atom. The van der Waals surface area contributed by atoms with Gasteiger partial charge in [0.2, 0.25) is 11.0 Å². The van der Waals surface area contributed by atoms with Crippen LogP contribution >= 0.6 is 23.1 Å². The standard InChI is InChI=1S/C21H22N4OS2/c1-4-12-22-20-24-25-21(28-20)27-18(16-8-6-5-7-9-16)19(26)23-17-13-14(2)10-11-15(17)3/h4-11,13,18H,1,12H2,2-3H3,(H,22,24)(H,23,26)/t18-/m1/s1. The van der Waals surface area contributed by atoms with Gasteiger partial charge in [0.1, 0.15) is 5.25 Å². The molecule has 2 N–H and O–H groups in total. The molecule has 0 aliphatic carbocycles. The molecular formula is C21H22N4OS2. The third kappa shape index (κ3) is 5.21. The van der Waals surface area contributed by atoms with Crippen molar-refractivity contribution in [2.75, 3.05) is 17.2 Å². The van der Waals surface area contributed by atoms with E-state index in [4.69, 9.17) is 0 Å². The number of benzene rings is 2. The molecule has 1 heterocycles. The van der Waals surface area contributed by atoms with Crippen LogP contribution in [0.1, 0.15) is 21.9 Å². The number of hydrogen-bond donors (Lipinski definition) is 2. The van der Waals surface area contributed by atoms with Crippen molar-refractivity contribution in [2.24, 2.45) is 0 Å². The zero-order valence-corrected chi connectivity index (χ0v) is 17.4. The smallest absolute Gasteiger partial charge is 0.242 e. The largest absolute Gasteiger partial charge is 0.357 e. The Kier molecular flexibility index (Phi) is 6.84. The van der Waals surface area contributed by atoms with Crippen molar-refractivity contribution in [1.29, 1.82) is 0 Å². The highest BCUT2D eigenvalue weighted by molar-refractivity contribution is 8.02. The number of nitrogens with one attached hydrogen (secondary N) is 2. The van der Waals surface area contributed by atoms with Crippen molar-refractivity contribution in [3.63, 3.8) is 0 Å². The first-order valence-electron chi connectivity index (χ1n) is 8.85. The van der Waals surface area contributed by atoms with Crippen LogP contribution in [0.4, 0.5) is 10.8 Å². The number of amides is 1. The maximum atomic E-state index is 13.2. The summed E-state index contributed by atoms with van der Waals surface area (Å²) in [7, 11) is 0. The quantitative estimate of drug-likeness (QED) is 0.393. The van der Waals surface area contributed by atoms with Crippen molar-refractivity contribution in [1.82, 2.24) is 10.2 Å². The number of carbonyl (C=O) groups excluding carboxylic acids is 1. The lowest BCUT2D eigenvalue weighted by atomic mass is 10.1. The van der Waals surface area contributed by atoms with Gasteiger partial charge in [0.25, 0.3) is 0 Å². The summed E-state index contributed by atoms with van der Waals surface area (Å²) in [4.78, 5) is 13.2. The van der Waals surface area contributed by atoms with Gasteiger partial charge in [0, 0.05) is 12.2 Å². The van der Waals surface area contributed by atoms with Gasteiger partial charge in [-0.05, 0) is 36.6 Å². The maximum absolute atomic E-state index is 13.2. The van der Waals surface area contributed by atoms with E-state index in [1.807, 2.05) is 62.4 Å². The molecule has 3 aromatic rings. The number of rotatable bonds is 8. The lowest BCUT2D eigenvalue weighted by Crippen LogP contribution is -2.19. The van der Waals surface area contributed by atoms with E-state index in [1.54, 1.807) is 6.08 Å². The van der Waals surface area contributed by atoms with Crippen molar-refractivity contribution >= 4 is 39.8 Å². The van der Waals surface area contributed by atoms with E-state index in [9.17, 15) is 4.79 Å². The number of aromatic nitrogens is 2. The fraction of sp³-hybridized carbons (Fsp3) is 0.190. The topological polar surface area (TPSA) is 66.9 Å². The lowest BCUT2D eigenvalue weighted by molar-refractivity contribution is -0.115. The molecule has 0 bridgehead atoms. The molecular weight excluding hydrogens is 388 g/mol. The zero-order chi connectivity index (χ0) is 19.9. The van der Waals surface area contributed by atoms with Crippen LogP contribution in [0.2, 0.25) is 0 Å². The van der Waals surface area contributed by atoms with Crippen LogP contribution in [0.25, 0.3) is 0 Å². The first kappa shape index (κ1) is 20.1. The Morgan fingerprint density at radius 1 is 1.21 bits per heavy atom. The highest BCUT2D eigenvalue weighted by Crippen LogP contribution is 2.38. The molecule has 0 aliphatic heterocycles. The van der Waals surface area contributed by atoms with Crippen LogP contribution in [-0.2, 0) is 4.79 Å². The van der Waals surface area contributed by atoms with Crippen molar-refractivity contribution in [2.45, 2.75) is 23.4 Å². The van der Waals surface area contributed by atoms with Gasteiger partial charge in [-0.25, -0.2) is 0 Å². The molecule has 0 aliphatic rings. The molecule has 0 fully saturated rings. The van der Waals surface area contributed by atoms with E-state index >= 15 is 0 Å². The van der Waals surface area contributed by atoms with Gasteiger partial charge < -0.3 is 10.6 Å². The Hall–Kier alpha value is -2.64. The van der Waals surface area contributed by atoms with E-state index in [1.165, 1.54) is 23.1 Å². The molecule has 3 rings (SSSR count). The minimum atomic E-state index is -0.429. The van der Waals surface area contributed by atoms with Gasteiger partial charge in [-0.1, -0.05) is 71.6 Å². The third-order valence-corrected chi connectivity index (χ3v) is 6.23. The Bertz CT molecular complexity index is 956. The van der Waals surface area contributed by atoms with Gasteiger partial charge in [-0.15, -0.1) is 16.8 Å². The number of aryl methyl sites for hydroxylation is 2. The number of carbonyl (C=O) groups is 1. The summed E-state index contributed by atoms with van der Waals surface area (Å²) < 4.78 is 0.733. The summed E-state index contributed by atoms with van der Waals surface area (Å²) in [5.74, 6) is -0.0827. The SMILES string of the molecule is C=CCNc1nnc(S[C@@H](C(=O)Nc2cc(C)ccc2C)c2ccccc2)s1. The molecule has 28 heavy (non-hydrogen) atoms. The predicted molar refractivity (Wildman–Crippen MR) is 118 cm³/mol. The predicted octanol–water partition coefficient (Wildman–Crippen LogP) is 5.22. The second-order valence-corrected chi connectivity index (χ2v) is 8.59. The average Bonchev–Trinajstić information content (AvgIpc) is 3.15. The zero-order valence-electron chi connectivity index (χ0n) is 15.8. The van der Waals surface area contributed by atoms with Crippen molar-refractivity contribution in [3.8, 4) is 0 Å². The molecule has 0 saturated heterocycles. The van der Waals surface area contributed by atoms with Crippen LogP contribution in [0, 0.1) is 13.8 Å². The molecule has 2 aromatic carbocycles. The third-order valence-electron chi connectivity index (χ3n) is 4.01. The lowest BCUT2D eigenvalue weighted by Gasteiger charge is -2.17. The summed E-state index contributed by atoms with van der Waals surface area (Å²) in [5, 5.41) is 14.8. The Balaban J connectivity index is 1.83. The number of anilines is 2. The normalized spacial score (nSPS) is 11.6. The molecule has 5 nitrogen and oxygen atoms in total. The van der Waals surface area contributed by atoms with Crippen LogP contribution in [-0.4, -0.2) is 22.6 Å². The van der Waals surface area contributed by atoms with Crippen LogP contribution in [0.3, 0.4) is 0 Å². The monoisotopic (exact) mass is 410 g/mol. The average molecular weight is 411 g/mol. The van der Waals surface area contributed by atoms with E-state index in [0.29, 0.717) is 11.7 Å². The summed E-state index contributed by atoms with van der Waals surface area (Å²) in [6.45, 7) is 8.30. The van der Waals surface area contributed by atoms with E-state index in [-0.39, 0.29) is 5.91 Å². The second kappa shape index (κ2) is 9.52. The molecule has 0 unspecified atom stereocenters. The first-order valence-corrected chi connectivity index (χ1v) is 10.5. The molecule has 144 valence electrons. The molecule has 1 atom stereocenters. The summed E-state index contributed by atoms with van der Waals surface area (Å²) in [5.41, 5.74) is 3.89. The molecule has 0 radical (unpaired) electrons. The minimum absolute atomic E-state index is 0.0827. The highest BCUT2D eigenvalue weighted by atomic mass is 32.2. The van der Waals surface area contributed by atoms with Crippen molar-refractivity contribution in [3.05, 3.63) is 77.9 Å². The Morgan fingerprint density at radius 2 is 2.00 bits per heavy atom. The maximum Gasteiger partial charge on any atom is 0.242 e. The molecule has 0 saturated carbocycles. The van der Waals surface area contributed by atoms with Crippen LogP contribution < -0.4 is 10.6 Å². The number of hydrogen-bond acceptors (Lipinski definition) is 6. The van der Waals surface area contributed by atoms with Gasteiger partial charge in [-0.2, -0.15) is 0 Å². The van der Waals surface area contributed by atoms with Crippen LogP contribution in [0.5, 0.6) is 0 Å². The van der Waals surface area contributed by atoms with Crippen LogP contribution in [0.15, 0.2) is 65.5 Å². The van der Waals surface area contributed by atoms with Crippen molar-refractivity contribution < 1.29 is 4.79 Å². The summed E-state index contributed by atoms with van der Waals surface area (Å²) in [6.07, 6.45) is 1.76. The summed E-state index contributed by atoms with van der Waals surface area (Å²) >= 11 is 2.83.